The summed E-state index contributed by atoms with van der Waals surface area (Å²) in [5, 5.41) is 13.3. The second-order valence-corrected chi connectivity index (χ2v) is 5.62. The van der Waals surface area contributed by atoms with Crippen LogP contribution in [0, 0.1) is 5.92 Å². The van der Waals surface area contributed by atoms with Crippen molar-refractivity contribution in [1.29, 1.82) is 0 Å². The molecule has 0 spiro atoms. The molecular weight excluding hydrogens is 300 g/mol. The van der Waals surface area contributed by atoms with Crippen molar-refractivity contribution in [1.82, 2.24) is 15.5 Å². The van der Waals surface area contributed by atoms with Crippen LogP contribution in [0.4, 0.5) is 5.69 Å². The van der Waals surface area contributed by atoms with Gasteiger partial charge in [-0.05, 0) is 44.5 Å². The third kappa shape index (κ3) is 3.87. The van der Waals surface area contributed by atoms with Crippen molar-refractivity contribution in [3.63, 3.8) is 0 Å². The van der Waals surface area contributed by atoms with E-state index in [1.807, 2.05) is 30.3 Å². The molecule has 2 atom stereocenters. The third-order valence-corrected chi connectivity index (χ3v) is 3.94. The molecule has 5 nitrogen and oxygen atoms in total. The first-order valence-electron chi connectivity index (χ1n) is 7.36. The molecule has 1 aromatic heterocycles. The maximum atomic E-state index is 12.4. The number of rotatable bonds is 3. The highest BCUT2D eigenvalue weighted by atomic mass is 35.5. The number of benzene rings is 1. The molecule has 2 heterocycles. The maximum Gasteiger partial charge on any atom is 0.227 e. The van der Waals surface area contributed by atoms with Gasteiger partial charge in [0, 0.05) is 29.4 Å². The zero-order valence-corrected chi connectivity index (χ0v) is 13.3. The Labute approximate surface area is 136 Å². The van der Waals surface area contributed by atoms with Gasteiger partial charge in [0.15, 0.2) is 0 Å². The number of carbonyl (C=O) groups is 1. The Kier molecular flexibility index (Phi) is 5.57. The van der Waals surface area contributed by atoms with E-state index in [4.69, 9.17) is 0 Å². The molecular formula is C16H21ClN4O. The zero-order valence-electron chi connectivity index (χ0n) is 12.5. The lowest BCUT2D eigenvalue weighted by molar-refractivity contribution is -0.120. The van der Waals surface area contributed by atoms with E-state index in [0.717, 1.165) is 36.3 Å². The monoisotopic (exact) mass is 320 g/mol. The summed E-state index contributed by atoms with van der Waals surface area (Å²) >= 11 is 0. The normalized spacial score (nSPS) is 21.0. The Hall–Kier alpha value is -1.85. The average molecular weight is 321 g/mol. The third-order valence-electron chi connectivity index (χ3n) is 3.94. The van der Waals surface area contributed by atoms with Gasteiger partial charge in [0.1, 0.15) is 0 Å². The summed E-state index contributed by atoms with van der Waals surface area (Å²) in [6.07, 6.45) is 3.51. The van der Waals surface area contributed by atoms with E-state index < -0.39 is 0 Å². The summed E-state index contributed by atoms with van der Waals surface area (Å²) in [6, 6.07) is 10.1. The van der Waals surface area contributed by atoms with E-state index >= 15 is 0 Å². The van der Waals surface area contributed by atoms with Crippen molar-refractivity contribution >= 4 is 24.0 Å². The summed E-state index contributed by atoms with van der Waals surface area (Å²) < 4.78 is 0. The fourth-order valence-corrected chi connectivity index (χ4v) is 2.80. The van der Waals surface area contributed by atoms with Crippen LogP contribution in [0.3, 0.4) is 0 Å². The fraction of sp³-hybridized carbons (Fsp3) is 0.375. The lowest BCUT2D eigenvalue weighted by Crippen LogP contribution is -2.40. The van der Waals surface area contributed by atoms with Crippen LogP contribution in [0.25, 0.3) is 11.3 Å². The minimum atomic E-state index is 0. The zero-order chi connectivity index (χ0) is 14.7. The predicted molar refractivity (Wildman–Crippen MR) is 90.1 cm³/mol. The Morgan fingerprint density at radius 2 is 2.23 bits per heavy atom. The molecule has 6 heteroatoms. The molecule has 1 aliphatic heterocycles. The number of aromatic amines is 1. The lowest BCUT2D eigenvalue weighted by Gasteiger charge is -2.27. The molecule has 1 aromatic carbocycles. The minimum absolute atomic E-state index is 0. The van der Waals surface area contributed by atoms with Gasteiger partial charge in [-0.3, -0.25) is 9.89 Å². The number of hydrogen-bond donors (Lipinski definition) is 3. The summed E-state index contributed by atoms with van der Waals surface area (Å²) in [5.74, 6) is 0.210. The average Bonchev–Trinajstić information content (AvgIpc) is 3.02. The van der Waals surface area contributed by atoms with Gasteiger partial charge < -0.3 is 10.6 Å². The molecule has 0 radical (unpaired) electrons. The molecule has 3 N–H and O–H groups in total. The van der Waals surface area contributed by atoms with Gasteiger partial charge in [0.05, 0.1) is 5.69 Å². The number of anilines is 1. The van der Waals surface area contributed by atoms with E-state index in [0.29, 0.717) is 6.04 Å². The number of nitrogens with zero attached hydrogens (tertiary/aromatic N) is 1. The van der Waals surface area contributed by atoms with Gasteiger partial charge >= 0.3 is 0 Å². The fourth-order valence-electron chi connectivity index (χ4n) is 2.80. The van der Waals surface area contributed by atoms with Crippen molar-refractivity contribution in [3.8, 4) is 11.3 Å². The largest absolute Gasteiger partial charge is 0.326 e. The van der Waals surface area contributed by atoms with Gasteiger partial charge in [-0.1, -0.05) is 12.1 Å². The van der Waals surface area contributed by atoms with Gasteiger partial charge in [-0.25, -0.2) is 0 Å². The smallest absolute Gasteiger partial charge is 0.227 e. The van der Waals surface area contributed by atoms with E-state index in [-0.39, 0.29) is 24.2 Å². The predicted octanol–water partition coefficient (Wildman–Crippen LogP) is 2.83. The van der Waals surface area contributed by atoms with E-state index in [1.54, 1.807) is 6.20 Å². The quantitative estimate of drug-likeness (QED) is 0.814. The summed E-state index contributed by atoms with van der Waals surface area (Å²) in [6.45, 7) is 3.03. The first kappa shape index (κ1) is 16.5. The van der Waals surface area contributed by atoms with Crippen LogP contribution in [-0.2, 0) is 4.79 Å². The number of carbonyl (C=O) groups excluding carboxylic acids is 1. The number of hydrogen-bond acceptors (Lipinski definition) is 3. The van der Waals surface area contributed by atoms with Crippen molar-refractivity contribution in [3.05, 3.63) is 36.5 Å². The van der Waals surface area contributed by atoms with Crippen LogP contribution in [0.2, 0.25) is 0 Å². The van der Waals surface area contributed by atoms with Gasteiger partial charge in [-0.2, -0.15) is 5.10 Å². The standard InChI is InChI=1S/C16H20N4O.ClH/c1-11-9-13(5-7-17-11)16(21)19-14-4-2-3-12(10-14)15-6-8-18-20-15;/h2-4,6,8,10-11,13,17H,5,7,9H2,1H3,(H,18,20)(H,19,21);1H/t11-,13-;/m0./s1. The number of amides is 1. The van der Waals surface area contributed by atoms with E-state index in [1.165, 1.54) is 0 Å². The van der Waals surface area contributed by atoms with Gasteiger partial charge in [0.2, 0.25) is 5.91 Å². The number of H-pyrrole nitrogens is 1. The molecule has 0 aliphatic carbocycles. The molecule has 1 aliphatic rings. The summed E-state index contributed by atoms with van der Waals surface area (Å²) in [4.78, 5) is 12.4. The van der Waals surface area contributed by atoms with Crippen molar-refractivity contribution in [2.24, 2.45) is 5.92 Å². The Bertz CT molecular complexity index is 614. The molecule has 2 aromatic rings. The molecule has 118 valence electrons. The van der Waals surface area contributed by atoms with Crippen LogP contribution in [-0.4, -0.2) is 28.7 Å². The molecule has 0 bridgehead atoms. The first-order chi connectivity index (χ1) is 10.2. The van der Waals surface area contributed by atoms with Crippen molar-refractivity contribution < 1.29 is 4.79 Å². The first-order valence-corrected chi connectivity index (χ1v) is 7.36. The van der Waals surface area contributed by atoms with Crippen LogP contribution < -0.4 is 10.6 Å². The highest BCUT2D eigenvalue weighted by molar-refractivity contribution is 5.93. The number of piperidine rings is 1. The molecule has 3 rings (SSSR count). The van der Waals surface area contributed by atoms with E-state index in [9.17, 15) is 4.79 Å². The Balaban J connectivity index is 0.00000176. The van der Waals surface area contributed by atoms with Crippen LogP contribution in [0.15, 0.2) is 36.5 Å². The number of nitrogens with one attached hydrogen (secondary N) is 3. The summed E-state index contributed by atoms with van der Waals surface area (Å²) in [7, 11) is 0. The van der Waals surface area contributed by atoms with Crippen LogP contribution >= 0.6 is 12.4 Å². The topological polar surface area (TPSA) is 69.8 Å². The molecule has 1 fully saturated rings. The molecule has 1 saturated heterocycles. The number of aromatic nitrogens is 2. The van der Waals surface area contributed by atoms with Crippen LogP contribution in [0.5, 0.6) is 0 Å². The molecule has 1 amide bonds. The van der Waals surface area contributed by atoms with Gasteiger partial charge in [-0.15, -0.1) is 12.4 Å². The maximum absolute atomic E-state index is 12.4. The van der Waals surface area contributed by atoms with Crippen LogP contribution in [0.1, 0.15) is 19.8 Å². The van der Waals surface area contributed by atoms with Gasteiger partial charge in [0.25, 0.3) is 0 Å². The highest BCUT2D eigenvalue weighted by Crippen LogP contribution is 2.22. The molecule has 0 saturated carbocycles. The van der Waals surface area contributed by atoms with Crippen molar-refractivity contribution in [2.45, 2.75) is 25.8 Å². The molecule has 0 unspecified atom stereocenters. The summed E-state index contributed by atoms with van der Waals surface area (Å²) in [5.41, 5.74) is 2.80. The second kappa shape index (κ2) is 7.42. The van der Waals surface area contributed by atoms with Crippen molar-refractivity contribution in [2.75, 3.05) is 11.9 Å². The SMILES string of the molecule is C[C@H]1C[C@@H](C(=O)Nc2cccc(-c3ccn[nH]3)c2)CCN1.Cl. The molecule has 22 heavy (non-hydrogen) atoms. The minimum Gasteiger partial charge on any atom is -0.326 e. The lowest BCUT2D eigenvalue weighted by atomic mass is 9.92. The Morgan fingerprint density at radius 1 is 1.36 bits per heavy atom. The second-order valence-electron chi connectivity index (χ2n) is 5.62. The van der Waals surface area contributed by atoms with E-state index in [2.05, 4.69) is 27.8 Å². The number of halogens is 1. The Morgan fingerprint density at radius 3 is 2.95 bits per heavy atom. The highest BCUT2D eigenvalue weighted by Gasteiger charge is 2.24.